The van der Waals surface area contributed by atoms with Gasteiger partial charge >= 0.3 is 0 Å². The van der Waals surface area contributed by atoms with Gasteiger partial charge in [-0.3, -0.25) is 14.5 Å². The van der Waals surface area contributed by atoms with Gasteiger partial charge in [0.05, 0.1) is 0 Å². The first kappa shape index (κ1) is 20.2. The molecule has 5 nitrogen and oxygen atoms in total. The molecule has 2 fully saturated rings. The number of nitrogens with zero attached hydrogens (tertiary/aromatic N) is 2. The van der Waals surface area contributed by atoms with Crippen LogP contribution in [-0.2, 0) is 9.59 Å². The van der Waals surface area contributed by atoms with Crippen molar-refractivity contribution >= 4 is 29.1 Å². The summed E-state index contributed by atoms with van der Waals surface area (Å²) in [6.45, 7) is 3.99. The van der Waals surface area contributed by atoms with Crippen molar-refractivity contribution in [2.75, 3.05) is 38.0 Å². The Bertz CT molecular complexity index is 621. The second-order valence-electron chi connectivity index (χ2n) is 7.74. The van der Waals surface area contributed by atoms with E-state index in [4.69, 9.17) is 11.6 Å². The number of rotatable bonds is 6. The van der Waals surface area contributed by atoms with E-state index in [-0.39, 0.29) is 5.91 Å². The van der Waals surface area contributed by atoms with Gasteiger partial charge in [-0.2, -0.15) is 0 Å². The van der Waals surface area contributed by atoms with Gasteiger partial charge in [-0.1, -0.05) is 30.9 Å². The van der Waals surface area contributed by atoms with Crippen molar-refractivity contribution in [3.05, 3.63) is 29.3 Å². The van der Waals surface area contributed by atoms with Gasteiger partial charge in [-0.25, -0.2) is 0 Å². The van der Waals surface area contributed by atoms with Gasteiger partial charge in [-0.05, 0) is 43.0 Å². The van der Waals surface area contributed by atoms with Gasteiger partial charge in [-0.15, -0.1) is 0 Å². The minimum absolute atomic E-state index is 0.00752. The van der Waals surface area contributed by atoms with E-state index in [1.54, 1.807) is 24.3 Å². The summed E-state index contributed by atoms with van der Waals surface area (Å²) in [5.41, 5.74) is 0.766. The zero-order valence-electron chi connectivity index (χ0n) is 16.0. The van der Waals surface area contributed by atoms with Crippen molar-refractivity contribution in [3.63, 3.8) is 0 Å². The number of anilines is 1. The number of piperazine rings is 1. The molecular formula is C21H30ClN3O2. The van der Waals surface area contributed by atoms with Crippen LogP contribution in [-0.4, -0.2) is 54.3 Å². The van der Waals surface area contributed by atoms with Gasteiger partial charge in [0.25, 0.3) is 0 Å². The minimum atomic E-state index is 0.00752. The molecule has 0 atom stereocenters. The third kappa shape index (κ3) is 6.51. The number of carbonyl (C=O) groups excluding carboxylic acids is 2. The van der Waals surface area contributed by atoms with Crippen molar-refractivity contribution < 1.29 is 9.59 Å². The fourth-order valence-electron chi connectivity index (χ4n) is 4.00. The number of halogens is 1. The molecule has 2 aliphatic rings. The maximum atomic E-state index is 12.5. The molecule has 1 aliphatic heterocycles. The monoisotopic (exact) mass is 391 g/mol. The molecule has 1 saturated heterocycles. The summed E-state index contributed by atoms with van der Waals surface area (Å²) in [5, 5.41) is 3.55. The summed E-state index contributed by atoms with van der Waals surface area (Å²) in [6.07, 6.45) is 7.51. The maximum absolute atomic E-state index is 12.5. The molecule has 27 heavy (non-hydrogen) atoms. The molecular weight excluding hydrogens is 362 g/mol. The lowest BCUT2D eigenvalue weighted by atomic mass is 9.86. The molecule has 1 aliphatic carbocycles. The van der Waals surface area contributed by atoms with E-state index in [0.717, 1.165) is 44.8 Å². The standard InChI is InChI=1S/C21H30ClN3O2/c22-18-6-8-19(9-7-18)23-20(26)10-11-24-12-14-25(15-13-24)21(27)16-17-4-2-1-3-5-17/h6-9,17H,1-5,10-16H2,(H,23,26). The number of amides is 2. The van der Waals surface area contributed by atoms with Crippen LogP contribution in [0.4, 0.5) is 5.69 Å². The highest BCUT2D eigenvalue weighted by molar-refractivity contribution is 6.30. The second-order valence-corrected chi connectivity index (χ2v) is 8.17. The molecule has 0 radical (unpaired) electrons. The third-order valence-electron chi connectivity index (χ3n) is 5.70. The Morgan fingerprint density at radius 3 is 2.33 bits per heavy atom. The molecule has 0 bridgehead atoms. The zero-order valence-corrected chi connectivity index (χ0v) is 16.7. The molecule has 6 heteroatoms. The lowest BCUT2D eigenvalue weighted by Crippen LogP contribution is -2.49. The number of carbonyl (C=O) groups is 2. The highest BCUT2D eigenvalue weighted by Gasteiger charge is 2.24. The lowest BCUT2D eigenvalue weighted by Gasteiger charge is -2.35. The molecule has 1 N–H and O–H groups in total. The van der Waals surface area contributed by atoms with Gasteiger partial charge in [0.15, 0.2) is 0 Å². The first-order valence-electron chi connectivity index (χ1n) is 10.2. The summed E-state index contributed by atoms with van der Waals surface area (Å²) in [7, 11) is 0. The quantitative estimate of drug-likeness (QED) is 0.802. The SMILES string of the molecule is O=C(CCN1CCN(C(=O)CC2CCCCC2)CC1)Nc1ccc(Cl)cc1. The van der Waals surface area contributed by atoms with Crippen molar-refractivity contribution in [2.45, 2.75) is 44.9 Å². The topological polar surface area (TPSA) is 52.7 Å². The maximum Gasteiger partial charge on any atom is 0.225 e. The number of benzene rings is 1. The molecule has 0 aromatic heterocycles. The van der Waals surface area contributed by atoms with Crippen LogP contribution in [0.5, 0.6) is 0 Å². The average Bonchev–Trinajstić information content (AvgIpc) is 2.69. The first-order valence-corrected chi connectivity index (χ1v) is 10.5. The predicted molar refractivity (Wildman–Crippen MR) is 109 cm³/mol. The molecule has 1 heterocycles. The van der Waals surface area contributed by atoms with E-state index in [1.807, 2.05) is 4.90 Å². The molecule has 3 rings (SSSR count). The predicted octanol–water partition coefficient (Wildman–Crippen LogP) is 3.78. The Balaban J connectivity index is 1.33. The summed E-state index contributed by atoms with van der Waals surface area (Å²) in [5.74, 6) is 0.927. The van der Waals surface area contributed by atoms with E-state index in [1.165, 1.54) is 32.1 Å². The van der Waals surface area contributed by atoms with E-state index in [2.05, 4.69) is 10.2 Å². The van der Waals surface area contributed by atoms with Crippen LogP contribution in [0.15, 0.2) is 24.3 Å². The fraction of sp³-hybridized carbons (Fsp3) is 0.619. The Kier molecular flexibility index (Phi) is 7.53. The Morgan fingerprint density at radius 1 is 1.00 bits per heavy atom. The highest BCUT2D eigenvalue weighted by Crippen LogP contribution is 2.27. The molecule has 1 saturated carbocycles. The van der Waals surface area contributed by atoms with Crippen molar-refractivity contribution in [2.24, 2.45) is 5.92 Å². The Hall–Kier alpha value is -1.59. The van der Waals surface area contributed by atoms with Crippen LogP contribution in [0.3, 0.4) is 0 Å². The molecule has 0 spiro atoms. The van der Waals surface area contributed by atoms with Crippen molar-refractivity contribution in [1.29, 1.82) is 0 Å². The Morgan fingerprint density at radius 2 is 1.67 bits per heavy atom. The third-order valence-corrected chi connectivity index (χ3v) is 5.95. The van der Waals surface area contributed by atoms with E-state index in [0.29, 0.717) is 23.3 Å². The Labute approximate surface area is 167 Å². The highest BCUT2D eigenvalue weighted by atomic mass is 35.5. The van der Waals surface area contributed by atoms with Gasteiger partial charge in [0.1, 0.15) is 0 Å². The number of hydrogen-bond acceptors (Lipinski definition) is 3. The fourth-order valence-corrected chi connectivity index (χ4v) is 4.13. The molecule has 148 valence electrons. The summed E-state index contributed by atoms with van der Waals surface area (Å²) in [4.78, 5) is 28.9. The summed E-state index contributed by atoms with van der Waals surface area (Å²) >= 11 is 5.85. The summed E-state index contributed by atoms with van der Waals surface area (Å²) in [6, 6.07) is 7.13. The number of nitrogens with one attached hydrogen (secondary N) is 1. The molecule has 0 unspecified atom stereocenters. The van der Waals surface area contributed by atoms with Crippen LogP contribution in [0.25, 0.3) is 0 Å². The van der Waals surface area contributed by atoms with Crippen LogP contribution in [0, 0.1) is 5.92 Å². The molecule has 1 aromatic rings. The largest absolute Gasteiger partial charge is 0.340 e. The van der Waals surface area contributed by atoms with Gasteiger partial charge in [0, 0.05) is 56.3 Å². The van der Waals surface area contributed by atoms with E-state index < -0.39 is 0 Å². The van der Waals surface area contributed by atoms with Crippen LogP contribution < -0.4 is 5.32 Å². The van der Waals surface area contributed by atoms with E-state index >= 15 is 0 Å². The average molecular weight is 392 g/mol. The normalized spacial score (nSPS) is 19.1. The van der Waals surface area contributed by atoms with Gasteiger partial charge < -0.3 is 10.2 Å². The smallest absolute Gasteiger partial charge is 0.225 e. The summed E-state index contributed by atoms with van der Waals surface area (Å²) < 4.78 is 0. The second kappa shape index (κ2) is 10.1. The first-order chi connectivity index (χ1) is 13.1. The van der Waals surface area contributed by atoms with Crippen LogP contribution >= 0.6 is 11.6 Å². The molecule has 1 aromatic carbocycles. The van der Waals surface area contributed by atoms with Crippen LogP contribution in [0.2, 0.25) is 5.02 Å². The van der Waals surface area contributed by atoms with E-state index in [9.17, 15) is 9.59 Å². The van der Waals surface area contributed by atoms with Gasteiger partial charge in [0.2, 0.25) is 11.8 Å². The van der Waals surface area contributed by atoms with Crippen molar-refractivity contribution in [1.82, 2.24) is 9.80 Å². The molecule has 2 amide bonds. The minimum Gasteiger partial charge on any atom is -0.340 e. The number of hydrogen-bond donors (Lipinski definition) is 1. The van der Waals surface area contributed by atoms with Crippen molar-refractivity contribution in [3.8, 4) is 0 Å². The lowest BCUT2D eigenvalue weighted by molar-refractivity contribution is -0.134. The zero-order chi connectivity index (χ0) is 19.1. The van der Waals surface area contributed by atoms with Crippen LogP contribution in [0.1, 0.15) is 44.9 Å².